The minimum absolute atomic E-state index is 0.0175. The van der Waals surface area contributed by atoms with Gasteiger partial charge in [-0.2, -0.15) is 20.5 Å². The lowest BCUT2D eigenvalue weighted by molar-refractivity contribution is 0.879. The second-order valence-electron chi connectivity index (χ2n) is 12.3. The van der Waals surface area contributed by atoms with Gasteiger partial charge in [0.15, 0.2) is 0 Å². The molecule has 2 aromatic heterocycles. The molecule has 5 aromatic carbocycles. The first-order valence-corrected chi connectivity index (χ1v) is 17.9. The number of aromatic nitrogens is 2. The number of azo groups is 2. The Kier molecular flexibility index (Phi) is 9.83. The highest BCUT2D eigenvalue weighted by Gasteiger charge is 2.24. The molecule has 2 heterocycles. The van der Waals surface area contributed by atoms with Crippen molar-refractivity contribution in [2.24, 2.45) is 20.5 Å². The molecule has 6 nitrogen and oxygen atoms in total. The van der Waals surface area contributed by atoms with Gasteiger partial charge in [0.1, 0.15) is 0 Å². The van der Waals surface area contributed by atoms with E-state index in [-0.39, 0.29) is 5.92 Å². The molecular weight excluding hydrogens is 748 g/mol. The van der Waals surface area contributed by atoms with Gasteiger partial charge in [-0.15, -0.1) is 0 Å². The molecular formula is C42H34Br2N6. The summed E-state index contributed by atoms with van der Waals surface area (Å²) in [7, 11) is 0. The second kappa shape index (κ2) is 14.7. The predicted molar refractivity (Wildman–Crippen MR) is 211 cm³/mol. The van der Waals surface area contributed by atoms with E-state index in [1.165, 1.54) is 22.3 Å². The van der Waals surface area contributed by atoms with Gasteiger partial charge in [-0.3, -0.25) is 0 Å². The third-order valence-electron chi connectivity index (χ3n) is 8.64. The van der Waals surface area contributed by atoms with Gasteiger partial charge in [-0.25, -0.2) is 0 Å². The number of aromatic amines is 2. The first-order valence-electron chi connectivity index (χ1n) is 16.3. The fourth-order valence-corrected chi connectivity index (χ4v) is 6.81. The number of nitrogens with zero attached hydrogens (tertiary/aromatic N) is 4. The highest BCUT2D eigenvalue weighted by molar-refractivity contribution is 9.10. The van der Waals surface area contributed by atoms with Gasteiger partial charge >= 0.3 is 0 Å². The minimum Gasteiger partial charge on any atom is -0.358 e. The second-order valence-corrected chi connectivity index (χ2v) is 14.2. The monoisotopic (exact) mass is 780 g/mol. The average Bonchev–Trinajstić information content (AvgIpc) is 3.81. The first-order chi connectivity index (χ1) is 24.3. The SMILES string of the molecule is Cc1cc(C)c(C(c2ccc(-c3ccc(N=Nc4ccc(Br)cc4)cc3)[nH]2)c2ccc(-c3ccc(N=Nc4ccc(Br)cc4)cc3)[nH]2)c(C)c1. The zero-order chi connectivity index (χ0) is 34.6. The average molecular weight is 783 g/mol. The van der Waals surface area contributed by atoms with Crippen LogP contribution in [0.3, 0.4) is 0 Å². The Labute approximate surface area is 308 Å². The van der Waals surface area contributed by atoms with Gasteiger partial charge < -0.3 is 9.97 Å². The summed E-state index contributed by atoms with van der Waals surface area (Å²) in [5, 5.41) is 17.6. The van der Waals surface area contributed by atoms with Crippen LogP contribution < -0.4 is 0 Å². The molecule has 0 fully saturated rings. The summed E-state index contributed by atoms with van der Waals surface area (Å²) in [6.45, 7) is 6.57. The summed E-state index contributed by atoms with van der Waals surface area (Å²) >= 11 is 6.92. The van der Waals surface area contributed by atoms with Crippen LogP contribution in [0.2, 0.25) is 0 Å². The van der Waals surface area contributed by atoms with Crippen molar-refractivity contribution in [3.63, 3.8) is 0 Å². The molecule has 246 valence electrons. The Morgan fingerprint density at radius 2 is 0.780 bits per heavy atom. The lowest BCUT2D eigenvalue weighted by Crippen LogP contribution is -2.09. The van der Waals surface area contributed by atoms with E-state index in [9.17, 15) is 0 Å². The standard InChI is InChI=1S/C42H34Br2N6/c1-26-24-27(2)41(28(3)25-26)42(39-22-20-37(45-39)29-4-12-33(13-5-29)47-49-35-16-8-31(43)9-17-35)40-23-21-38(46-40)30-6-14-34(15-7-30)48-50-36-18-10-32(44)11-19-36/h4-25,42,45-46H,1-3H3. The Morgan fingerprint density at radius 3 is 1.14 bits per heavy atom. The van der Waals surface area contributed by atoms with Crippen LogP contribution in [0.15, 0.2) is 163 Å². The first kappa shape index (κ1) is 33.3. The van der Waals surface area contributed by atoms with Gasteiger partial charge in [0.2, 0.25) is 0 Å². The van der Waals surface area contributed by atoms with E-state index >= 15 is 0 Å². The van der Waals surface area contributed by atoms with Crippen LogP contribution in [0.1, 0.15) is 39.6 Å². The molecule has 0 atom stereocenters. The Hall–Kier alpha value is -5.18. The van der Waals surface area contributed by atoms with Crippen LogP contribution in [0.25, 0.3) is 22.5 Å². The maximum absolute atomic E-state index is 4.42. The molecule has 0 saturated heterocycles. The van der Waals surface area contributed by atoms with E-state index in [0.717, 1.165) is 65.6 Å². The molecule has 2 N–H and O–H groups in total. The number of benzene rings is 5. The molecule has 8 heteroatoms. The number of H-pyrrole nitrogens is 2. The van der Waals surface area contributed by atoms with Crippen LogP contribution in [0, 0.1) is 20.8 Å². The smallest absolute Gasteiger partial charge is 0.0857 e. The quantitative estimate of drug-likeness (QED) is 0.137. The Balaban J connectivity index is 1.16. The van der Waals surface area contributed by atoms with Crippen molar-refractivity contribution in [1.82, 2.24) is 9.97 Å². The van der Waals surface area contributed by atoms with Gasteiger partial charge in [0.25, 0.3) is 0 Å². The Morgan fingerprint density at radius 1 is 0.440 bits per heavy atom. The number of nitrogens with one attached hydrogen (secondary N) is 2. The van der Waals surface area contributed by atoms with E-state index in [1.54, 1.807) is 0 Å². The van der Waals surface area contributed by atoms with E-state index in [1.807, 2.05) is 72.8 Å². The predicted octanol–water partition coefficient (Wildman–Crippen LogP) is 14.1. The fourth-order valence-electron chi connectivity index (χ4n) is 6.28. The van der Waals surface area contributed by atoms with Gasteiger partial charge in [-0.05, 0) is 146 Å². The van der Waals surface area contributed by atoms with E-state index < -0.39 is 0 Å². The molecule has 0 amide bonds. The van der Waals surface area contributed by atoms with Crippen molar-refractivity contribution in [3.05, 3.63) is 176 Å². The normalized spacial score (nSPS) is 12.3. The molecule has 0 aliphatic carbocycles. The van der Waals surface area contributed by atoms with Crippen LogP contribution >= 0.6 is 31.9 Å². The van der Waals surface area contributed by atoms with E-state index in [0.29, 0.717) is 0 Å². The third-order valence-corrected chi connectivity index (χ3v) is 9.69. The molecule has 0 aliphatic rings. The van der Waals surface area contributed by atoms with Gasteiger partial charge in [-0.1, -0.05) is 73.8 Å². The minimum atomic E-state index is -0.0175. The summed E-state index contributed by atoms with van der Waals surface area (Å²) < 4.78 is 2.03. The molecule has 7 aromatic rings. The lowest BCUT2D eigenvalue weighted by atomic mass is 9.85. The summed E-state index contributed by atoms with van der Waals surface area (Å²) in [5.41, 5.74) is 14.8. The van der Waals surface area contributed by atoms with E-state index in [4.69, 9.17) is 0 Å². The number of halogens is 2. The topological polar surface area (TPSA) is 81.0 Å². The number of hydrogen-bond acceptors (Lipinski definition) is 4. The van der Waals surface area contributed by atoms with Crippen LogP contribution in [0.5, 0.6) is 0 Å². The molecule has 0 spiro atoms. The Bertz CT molecular complexity index is 2140. The van der Waals surface area contributed by atoms with Crippen molar-refractivity contribution in [2.45, 2.75) is 26.7 Å². The molecule has 0 unspecified atom stereocenters. The molecule has 7 rings (SSSR count). The van der Waals surface area contributed by atoms with Gasteiger partial charge in [0, 0.05) is 31.7 Å². The fraction of sp³-hybridized carbons (Fsp3) is 0.0952. The van der Waals surface area contributed by atoms with Crippen molar-refractivity contribution >= 4 is 54.6 Å². The highest BCUT2D eigenvalue weighted by atomic mass is 79.9. The highest BCUT2D eigenvalue weighted by Crippen LogP contribution is 2.38. The van der Waals surface area contributed by atoms with Crippen LogP contribution in [-0.4, -0.2) is 9.97 Å². The molecule has 0 radical (unpaired) electrons. The molecule has 0 bridgehead atoms. The van der Waals surface area contributed by atoms with Crippen molar-refractivity contribution in [3.8, 4) is 22.5 Å². The van der Waals surface area contributed by atoms with Gasteiger partial charge in [0.05, 0.1) is 28.7 Å². The maximum atomic E-state index is 4.42. The van der Waals surface area contributed by atoms with Crippen molar-refractivity contribution < 1.29 is 0 Å². The molecule has 0 aliphatic heterocycles. The number of aryl methyl sites for hydroxylation is 3. The summed E-state index contributed by atoms with van der Waals surface area (Å²) in [6, 6.07) is 45.1. The summed E-state index contributed by atoms with van der Waals surface area (Å²) in [5.74, 6) is -0.0175. The number of hydrogen-bond donors (Lipinski definition) is 2. The molecule has 50 heavy (non-hydrogen) atoms. The van der Waals surface area contributed by atoms with Crippen molar-refractivity contribution in [2.75, 3.05) is 0 Å². The summed E-state index contributed by atoms with van der Waals surface area (Å²) in [6.07, 6.45) is 0. The third kappa shape index (κ3) is 7.67. The molecule has 0 saturated carbocycles. The van der Waals surface area contributed by atoms with Crippen LogP contribution in [0.4, 0.5) is 22.7 Å². The van der Waals surface area contributed by atoms with Crippen molar-refractivity contribution in [1.29, 1.82) is 0 Å². The lowest BCUT2D eigenvalue weighted by Gasteiger charge is -2.21. The zero-order valence-corrected chi connectivity index (χ0v) is 31.0. The zero-order valence-electron chi connectivity index (χ0n) is 27.8. The number of rotatable bonds is 9. The maximum Gasteiger partial charge on any atom is 0.0857 e. The van der Waals surface area contributed by atoms with Crippen LogP contribution in [-0.2, 0) is 0 Å². The summed E-state index contributed by atoms with van der Waals surface area (Å²) in [4.78, 5) is 7.52. The largest absolute Gasteiger partial charge is 0.358 e. The van der Waals surface area contributed by atoms with E-state index in [2.05, 4.69) is 144 Å².